The topological polar surface area (TPSA) is 66.3 Å². The van der Waals surface area contributed by atoms with E-state index in [1.54, 1.807) is 12.4 Å². The molecule has 0 radical (unpaired) electrons. The molecular weight excluding hydrogens is 334 g/mol. The molecule has 1 aromatic heterocycles. The van der Waals surface area contributed by atoms with Gasteiger partial charge < -0.3 is 9.90 Å². The van der Waals surface area contributed by atoms with E-state index in [1.807, 2.05) is 35.2 Å². The fourth-order valence-electron chi connectivity index (χ4n) is 2.05. The summed E-state index contributed by atoms with van der Waals surface area (Å²) in [7, 11) is 0. The number of hydrogen-bond acceptors (Lipinski definition) is 5. The van der Waals surface area contributed by atoms with Gasteiger partial charge in [0, 0.05) is 25.5 Å². The highest BCUT2D eigenvalue weighted by Gasteiger charge is 2.22. The van der Waals surface area contributed by atoms with Gasteiger partial charge in [0.2, 0.25) is 0 Å². The molecule has 1 atom stereocenters. The first-order valence-corrected chi connectivity index (χ1v) is 7.35. The minimum absolute atomic E-state index is 0.0340. The summed E-state index contributed by atoms with van der Waals surface area (Å²) in [6, 6.07) is 9.21. The first-order chi connectivity index (χ1) is 10.2. The van der Waals surface area contributed by atoms with Crippen LogP contribution in [0.25, 0.3) is 0 Å². The number of hydrogen-bond donors (Lipinski definition) is 1. The van der Waals surface area contributed by atoms with Crippen molar-refractivity contribution in [2.24, 2.45) is 0 Å². The molecule has 1 N–H and O–H groups in total. The highest BCUT2D eigenvalue weighted by atomic mass is 79.9. The van der Waals surface area contributed by atoms with Crippen LogP contribution >= 0.6 is 15.9 Å². The van der Waals surface area contributed by atoms with Crippen LogP contribution in [0.3, 0.4) is 0 Å². The van der Waals surface area contributed by atoms with Crippen LogP contribution in [0.15, 0.2) is 47.2 Å². The Balaban J connectivity index is 2.21. The third-order valence-electron chi connectivity index (χ3n) is 3.04. The largest absolute Gasteiger partial charge is 0.395 e. The molecule has 0 aliphatic carbocycles. The van der Waals surface area contributed by atoms with Crippen LogP contribution in [0.2, 0.25) is 0 Å². The van der Waals surface area contributed by atoms with Crippen molar-refractivity contribution < 1.29 is 9.90 Å². The van der Waals surface area contributed by atoms with Crippen molar-refractivity contribution in [3.8, 4) is 0 Å². The Kier molecular flexibility index (Phi) is 5.98. The molecule has 1 unspecified atom stereocenters. The molecule has 0 fully saturated rings. The lowest BCUT2D eigenvalue weighted by atomic mass is 10.1. The predicted octanol–water partition coefficient (Wildman–Crippen LogP) is 1.97. The normalized spacial score (nSPS) is 12.3. The van der Waals surface area contributed by atoms with Crippen molar-refractivity contribution in [2.75, 3.05) is 13.2 Å². The number of benzene rings is 1. The molecule has 0 spiro atoms. The van der Waals surface area contributed by atoms with Crippen LogP contribution in [-0.4, -0.2) is 39.4 Å². The van der Waals surface area contributed by atoms with E-state index in [1.165, 1.54) is 0 Å². The second-order valence-corrected chi connectivity index (χ2v) is 5.44. The van der Waals surface area contributed by atoms with Crippen molar-refractivity contribution in [3.05, 3.63) is 58.6 Å². The Morgan fingerprint density at radius 3 is 2.48 bits per heavy atom. The lowest BCUT2D eigenvalue weighted by Gasteiger charge is -2.26. The van der Waals surface area contributed by atoms with Crippen LogP contribution in [0, 0.1) is 0 Å². The molecule has 110 valence electrons. The fraction of sp³-hybridized carbons (Fsp3) is 0.267. The maximum absolute atomic E-state index is 11.5. The van der Waals surface area contributed by atoms with Crippen molar-refractivity contribution in [2.45, 2.75) is 12.6 Å². The van der Waals surface area contributed by atoms with Gasteiger partial charge in [0.05, 0.1) is 11.1 Å². The first kappa shape index (κ1) is 15.8. The van der Waals surface area contributed by atoms with Crippen molar-refractivity contribution >= 4 is 22.2 Å². The summed E-state index contributed by atoms with van der Waals surface area (Å²) < 4.78 is 0.757. The highest BCUT2D eigenvalue weighted by Crippen LogP contribution is 2.18. The Labute approximate surface area is 131 Å². The number of aliphatic hydroxyl groups is 1. The number of rotatable bonds is 7. The monoisotopic (exact) mass is 349 g/mol. The van der Waals surface area contributed by atoms with E-state index in [0.717, 1.165) is 16.3 Å². The van der Waals surface area contributed by atoms with Crippen LogP contribution in [-0.2, 0) is 11.3 Å². The van der Waals surface area contributed by atoms with Crippen molar-refractivity contribution in [3.63, 3.8) is 0 Å². The van der Waals surface area contributed by atoms with E-state index in [9.17, 15) is 9.90 Å². The van der Waals surface area contributed by atoms with Gasteiger partial charge in [-0.15, -0.1) is 0 Å². The standard InChI is InChI=1S/C15H16BrN3O2/c16-13-8-17-15(18-9-13)14(11-21)19(6-7-20)10-12-4-2-1-3-5-12/h1-5,8-9,11,14,20H,6-7,10H2. The molecule has 6 heteroatoms. The maximum Gasteiger partial charge on any atom is 0.152 e. The minimum atomic E-state index is -0.578. The number of aromatic nitrogens is 2. The molecule has 0 aliphatic heterocycles. The van der Waals surface area contributed by atoms with Gasteiger partial charge in [-0.25, -0.2) is 9.97 Å². The number of carbonyl (C=O) groups excluding carboxylic acids is 1. The second-order valence-electron chi connectivity index (χ2n) is 4.52. The summed E-state index contributed by atoms with van der Waals surface area (Å²) in [5.41, 5.74) is 1.06. The van der Waals surface area contributed by atoms with Crippen LogP contribution in [0.4, 0.5) is 0 Å². The van der Waals surface area contributed by atoms with E-state index in [2.05, 4.69) is 25.9 Å². The van der Waals surface area contributed by atoms with Gasteiger partial charge in [-0.1, -0.05) is 30.3 Å². The molecule has 21 heavy (non-hydrogen) atoms. The molecule has 0 aliphatic rings. The zero-order valence-electron chi connectivity index (χ0n) is 11.4. The smallest absolute Gasteiger partial charge is 0.152 e. The summed E-state index contributed by atoms with van der Waals surface area (Å²) in [5, 5.41) is 9.24. The molecule has 1 aromatic carbocycles. The van der Waals surface area contributed by atoms with Gasteiger partial charge in [-0.2, -0.15) is 0 Å². The SMILES string of the molecule is O=CC(c1ncc(Br)cn1)N(CCO)Cc1ccccc1. The minimum Gasteiger partial charge on any atom is -0.395 e. The van der Waals surface area contributed by atoms with Crippen LogP contribution in [0.5, 0.6) is 0 Å². The Morgan fingerprint density at radius 1 is 1.24 bits per heavy atom. The Hall–Kier alpha value is -1.63. The fourth-order valence-corrected chi connectivity index (χ4v) is 2.25. The highest BCUT2D eigenvalue weighted by molar-refractivity contribution is 9.10. The third kappa shape index (κ3) is 4.42. The van der Waals surface area contributed by atoms with Crippen molar-refractivity contribution in [1.29, 1.82) is 0 Å². The van der Waals surface area contributed by atoms with Crippen LogP contribution in [0.1, 0.15) is 17.4 Å². The summed E-state index contributed by atoms with van der Waals surface area (Å²) in [6.07, 6.45) is 4.03. The average Bonchev–Trinajstić information content (AvgIpc) is 2.51. The number of aldehydes is 1. The van der Waals surface area contributed by atoms with Gasteiger partial charge in [-0.05, 0) is 21.5 Å². The van der Waals surface area contributed by atoms with E-state index < -0.39 is 6.04 Å². The van der Waals surface area contributed by atoms with Crippen molar-refractivity contribution in [1.82, 2.24) is 14.9 Å². The molecule has 0 bridgehead atoms. The molecule has 2 aromatic rings. The van der Waals surface area contributed by atoms with E-state index in [4.69, 9.17) is 0 Å². The molecule has 5 nitrogen and oxygen atoms in total. The second kappa shape index (κ2) is 7.97. The number of aliphatic hydroxyl groups excluding tert-OH is 1. The summed E-state index contributed by atoms with van der Waals surface area (Å²) in [5.74, 6) is 0.428. The summed E-state index contributed by atoms with van der Waals surface area (Å²) >= 11 is 3.27. The number of nitrogens with zero attached hydrogens (tertiary/aromatic N) is 3. The molecular formula is C15H16BrN3O2. The molecule has 0 amide bonds. The van der Waals surface area contributed by atoms with E-state index in [0.29, 0.717) is 18.9 Å². The summed E-state index contributed by atoms with van der Waals surface area (Å²) in [6.45, 7) is 0.885. The third-order valence-corrected chi connectivity index (χ3v) is 3.45. The van der Waals surface area contributed by atoms with E-state index in [-0.39, 0.29) is 6.61 Å². The number of halogens is 1. The molecule has 0 saturated heterocycles. The van der Waals surface area contributed by atoms with Crippen LogP contribution < -0.4 is 0 Å². The zero-order chi connectivity index (χ0) is 15.1. The summed E-state index contributed by atoms with van der Waals surface area (Å²) in [4.78, 5) is 21.7. The average molecular weight is 350 g/mol. The lowest BCUT2D eigenvalue weighted by molar-refractivity contribution is -0.113. The zero-order valence-corrected chi connectivity index (χ0v) is 13.0. The predicted molar refractivity (Wildman–Crippen MR) is 82.5 cm³/mol. The van der Waals surface area contributed by atoms with Gasteiger partial charge in [0.15, 0.2) is 5.82 Å². The molecule has 1 heterocycles. The molecule has 0 saturated carbocycles. The van der Waals surface area contributed by atoms with Gasteiger partial charge in [0.25, 0.3) is 0 Å². The molecule has 2 rings (SSSR count). The number of carbonyl (C=O) groups is 1. The van der Waals surface area contributed by atoms with Gasteiger partial charge >= 0.3 is 0 Å². The first-order valence-electron chi connectivity index (χ1n) is 6.56. The maximum atomic E-state index is 11.5. The Bertz CT molecular complexity index is 563. The van der Waals surface area contributed by atoms with Gasteiger partial charge in [-0.3, -0.25) is 4.90 Å². The quantitative estimate of drug-likeness (QED) is 0.774. The Morgan fingerprint density at radius 2 is 1.90 bits per heavy atom. The van der Waals surface area contributed by atoms with E-state index >= 15 is 0 Å². The lowest BCUT2D eigenvalue weighted by Crippen LogP contribution is -2.33. The van der Waals surface area contributed by atoms with Gasteiger partial charge in [0.1, 0.15) is 12.3 Å².